The Kier molecular flexibility index (Phi) is 7.09. The summed E-state index contributed by atoms with van der Waals surface area (Å²) in [5.74, 6) is 0.764. The summed E-state index contributed by atoms with van der Waals surface area (Å²) in [7, 11) is 1.76. The predicted molar refractivity (Wildman–Crippen MR) is 86.1 cm³/mol. The molecule has 0 aromatic heterocycles. The van der Waals surface area contributed by atoms with Crippen LogP contribution >= 0.6 is 0 Å². The molecule has 2 nitrogen and oxygen atoms in total. The zero-order chi connectivity index (χ0) is 14.1. The maximum atomic E-state index is 4.46. The Morgan fingerprint density at radius 1 is 1.16 bits per heavy atom. The van der Waals surface area contributed by atoms with E-state index in [0.717, 1.165) is 17.2 Å². The third-order valence-electron chi connectivity index (χ3n) is 3.76. The van der Waals surface area contributed by atoms with Gasteiger partial charge in [0, 0.05) is 30.7 Å². The molecule has 0 spiro atoms. The molecule has 19 heavy (non-hydrogen) atoms. The topological polar surface area (TPSA) is 24.7 Å². The van der Waals surface area contributed by atoms with Gasteiger partial charge in [-0.15, -0.1) is 0 Å². The van der Waals surface area contributed by atoms with Gasteiger partial charge in [-0.3, -0.25) is 9.98 Å². The molecule has 0 saturated heterocycles. The third kappa shape index (κ3) is 5.37. The summed E-state index contributed by atoms with van der Waals surface area (Å²) < 4.78 is 0. The van der Waals surface area contributed by atoms with Gasteiger partial charge >= 0.3 is 0 Å². The average molecular weight is 258 g/mol. The lowest BCUT2D eigenvalue weighted by molar-refractivity contribution is 0.403. The van der Waals surface area contributed by atoms with E-state index in [1.165, 1.54) is 37.7 Å². The van der Waals surface area contributed by atoms with Crippen molar-refractivity contribution in [3.8, 4) is 0 Å². The molecule has 1 rings (SSSR count). The van der Waals surface area contributed by atoms with E-state index >= 15 is 0 Å². The number of hydrogen-bond donors (Lipinski definition) is 0. The first-order valence-electron chi connectivity index (χ1n) is 7.15. The van der Waals surface area contributed by atoms with E-state index in [9.17, 15) is 0 Å². The molecule has 2 heteroatoms. The van der Waals surface area contributed by atoms with E-state index < -0.39 is 0 Å². The Balaban J connectivity index is 2.67. The molecule has 1 aliphatic rings. The molecule has 1 saturated carbocycles. The molecular weight excluding hydrogens is 232 g/mol. The van der Waals surface area contributed by atoms with Crippen molar-refractivity contribution >= 4 is 12.4 Å². The van der Waals surface area contributed by atoms with Crippen LogP contribution in [0.15, 0.2) is 45.6 Å². The largest absolute Gasteiger partial charge is 0.296 e. The number of rotatable bonds is 5. The zero-order valence-corrected chi connectivity index (χ0v) is 12.5. The maximum absolute atomic E-state index is 4.46. The Morgan fingerprint density at radius 2 is 1.84 bits per heavy atom. The molecule has 1 aliphatic carbocycles. The first-order valence-corrected chi connectivity index (χ1v) is 7.15. The highest BCUT2D eigenvalue weighted by Crippen LogP contribution is 2.28. The van der Waals surface area contributed by atoms with E-state index in [0.29, 0.717) is 0 Å². The molecule has 1 fully saturated rings. The van der Waals surface area contributed by atoms with Crippen LogP contribution in [0.1, 0.15) is 46.0 Å². The van der Waals surface area contributed by atoms with Crippen molar-refractivity contribution in [2.24, 2.45) is 15.9 Å². The normalized spacial score (nSPS) is 20.1. The second-order valence-electron chi connectivity index (χ2n) is 5.16. The lowest BCUT2D eigenvalue weighted by Crippen LogP contribution is -2.07. The van der Waals surface area contributed by atoms with E-state index in [4.69, 9.17) is 0 Å². The van der Waals surface area contributed by atoms with Crippen LogP contribution in [0.4, 0.5) is 0 Å². The van der Waals surface area contributed by atoms with Gasteiger partial charge in [0.25, 0.3) is 0 Å². The van der Waals surface area contributed by atoms with Crippen LogP contribution in [-0.2, 0) is 0 Å². The highest BCUT2D eigenvalue weighted by Gasteiger charge is 2.13. The predicted octanol–water partition coefficient (Wildman–Crippen LogP) is 4.74. The Bertz CT molecular complexity index is 405. The fraction of sp³-hybridized carbons (Fsp3) is 0.529. The van der Waals surface area contributed by atoms with Crippen LogP contribution in [-0.4, -0.2) is 19.5 Å². The molecule has 0 atom stereocenters. The Morgan fingerprint density at radius 3 is 2.42 bits per heavy atom. The van der Waals surface area contributed by atoms with Crippen LogP contribution in [0, 0.1) is 5.92 Å². The van der Waals surface area contributed by atoms with Gasteiger partial charge in [0.05, 0.1) is 0 Å². The van der Waals surface area contributed by atoms with Gasteiger partial charge in [0.2, 0.25) is 0 Å². The minimum Gasteiger partial charge on any atom is -0.296 e. The van der Waals surface area contributed by atoms with Gasteiger partial charge in [-0.05, 0) is 38.7 Å². The highest BCUT2D eigenvalue weighted by molar-refractivity contribution is 5.84. The number of allylic oxidation sites excluding steroid dienone is 5. The first-order chi connectivity index (χ1) is 9.19. The molecule has 0 amide bonds. The summed E-state index contributed by atoms with van der Waals surface area (Å²) in [4.78, 5) is 8.47. The third-order valence-corrected chi connectivity index (χ3v) is 3.76. The van der Waals surface area contributed by atoms with Gasteiger partial charge < -0.3 is 0 Å². The number of nitrogens with zero attached hydrogens (tertiary/aromatic N) is 2. The van der Waals surface area contributed by atoms with Gasteiger partial charge in [-0.25, -0.2) is 0 Å². The molecule has 0 unspecified atom stereocenters. The van der Waals surface area contributed by atoms with Crippen molar-refractivity contribution in [3.05, 3.63) is 35.6 Å². The van der Waals surface area contributed by atoms with Crippen molar-refractivity contribution in [3.63, 3.8) is 0 Å². The molecular formula is C17H26N2. The second-order valence-corrected chi connectivity index (χ2v) is 5.16. The molecule has 104 valence electrons. The molecule has 0 radical (unpaired) electrons. The van der Waals surface area contributed by atoms with Gasteiger partial charge in [0.15, 0.2) is 0 Å². The molecule has 0 bridgehead atoms. The fourth-order valence-corrected chi connectivity index (χ4v) is 2.47. The quantitative estimate of drug-likeness (QED) is 0.502. The summed E-state index contributed by atoms with van der Waals surface area (Å²) in [6.07, 6.45) is 14.5. The van der Waals surface area contributed by atoms with E-state index in [1.807, 2.05) is 13.1 Å². The summed E-state index contributed by atoms with van der Waals surface area (Å²) >= 11 is 0. The van der Waals surface area contributed by atoms with Crippen molar-refractivity contribution in [2.75, 3.05) is 7.05 Å². The Hall–Kier alpha value is -1.44. The van der Waals surface area contributed by atoms with Crippen LogP contribution in [0.2, 0.25) is 0 Å². The van der Waals surface area contributed by atoms with Crippen molar-refractivity contribution in [1.82, 2.24) is 0 Å². The SMILES string of the molecule is C=C\C(C=NC)=C(C)/N=C\C=C(/C)C1CCCCC1. The van der Waals surface area contributed by atoms with Crippen molar-refractivity contribution in [2.45, 2.75) is 46.0 Å². The van der Waals surface area contributed by atoms with Gasteiger partial charge in [-0.2, -0.15) is 0 Å². The van der Waals surface area contributed by atoms with Crippen LogP contribution in [0.25, 0.3) is 0 Å². The molecule has 0 aliphatic heterocycles. The van der Waals surface area contributed by atoms with Crippen molar-refractivity contribution < 1.29 is 0 Å². The lowest BCUT2D eigenvalue weighted by Gasteiger charge is -2.21. The second kappa shape index (κ2) is 8.63. The number of hydrogen-bond acceptors (Lipinski definition) is 2. The number of aliphatic imine (C=N–C) groups is 2. The molecule has 0 aromatic rings. The highest BCUT2D eigenvalue weighted by atomic mass is 14.7. The summed E-state index contributed by atoms with van der Waals surface area (Å²) in [6, 6.07) is 0. The standard InChI is InChI=1S/C17H26N2/c1-5-16(13-18-4)15(3)19-12-11-14(2)17-9-7-6-8-10-17/h5,11-13,17H,1,6-10H2,2-4H3/b14-11+,16-15+,18-13?,19-12-. The summed E-state index contributed by atoms with van der Waals surface area (Å²) in [5.41, 5.74) is 3.39. The molecule has 0 aromatic carbocycles. The minimum absolute atomic E-state index is 0.764. The first kappa shape index (κ1) is 15.6. The van der Waals surface area contributed by atoms with Gasteiger partial charge in [-0.1, -0.05) is 37.5 Å². The fourth-order valence-electron chi connectivity index (χ4n) is 2.47. The van der Waals surface area contributed by atoms with E-state index in [-0.39, 0.29) is 0 Å². The van der Waals surface area contributed by atoms with Crippen LogP contribution in [0.3, 0.4) is 0 Å². The van der Waals surface area contributed by atoms with Crippen molar-refractivity contribution in [1.29, 1.82) is 0 Å². The monoisotopic (exact) mass is 258 g/mol. The summed E-state index contributed by atoms with van der Waals surface area (Å²) in [5, 5.41) is 0. The summed E-state index contributed by atoms with van der Waals surface area (Å²) in [6.45, 7) is 7.99. The average Bonchev–Trinajstić information content (AvgIpc) is 2.45. The Labute approximate surface area is 117 Å². The van der Waals surface area contributed by atoms with Crippen LogP contribution < -0.4 is 0 Å². The van der Waals surface area contributed by atoms with Crippen LogP contribution in [0.5, 0.6) is 0 Å². The smallest absolute Gasteiger partial charge is 0.0459 e. The maximum Gasteiger partial charge on any atom is 0.0459 e. The van der Waals surface area contributed by atoms with E-state index in [1.54, 1.807) is 19.3 Å². The lowest BCUT2D eigenvalue weighted by atomic mass is 9.84. The zero-order valence-electron chi connectivity index (χ0n) is 12.5. The molecule has 0 heterocycles. The van der Waals surface area contributed by atoms with Gasteiger partial charge in [0.1, 0.15) is 0 Å². The minimum atomic E-state index is 0.764. The molecule has 0 N–H and O–H groups in total. The van der Waals surface area contributed by atoms with E-state index in [2.05, 4.69) is 29.6 Å².